The second-order valence-corrected chi connectivity index (χ2v) is 6.99. The van der Waals surface area contributed by atoms with Crippen LogP contribution in [0.5, 0.6) is 0 Å². The first kappa shape index (κ1) is 13.9. The Kier molecular flexibility index (Phi) is 3.67. The van der Waals surface area contributed by atoms with E-state index in [1.807, 2.05) is 11.6 Å². The van der Waals surface area contributed by atoms with Crippen LogP contribution >= 0.6 is 11.3 Å². The summed E-state index contributed by atoms with van der Waals surface area (Å²) in [6.45, 7) is 2.04. The average molecular weight is 317 g/mol. The quantitative estimate of drug-likeness (QED) is 0.896. The molecule has 0 amide bonds. The van der Waals surface area contributed by atoms with E-state index in [1.165, 1.54) is 0 Å². The van der Waals surface area contributed by atoms with Gasteiger partial charge in [-0.2, -0.15) is 0 Å². The lowest BCUT2D eigenvalue weighted by atomic mass is 9.77. The Labute approximate surface area is 133 Å². The van der Waals surface area contributed by atoms with Crippen LogP contribution in [0.4, 0.5) is 10.9 Å². The standard InChI is InChI=1S/C15H19N5OS/c21-13-6-11-9-20(15-18-3-4-22-15)8-10(11)5-12(13)19-14-7-16-1-2-17-14/h1-4,7,10-13,21H,5-6,8-9H2,(H,17,19)/t10-,11+,12-,13-/m1/s1. The Bertz CT molecular complexity index is 608. The minimum atomic E-state index is -0.334. The van der Waals surface area contributed by atoms with Crippen molar-refractivity contribution in [3.63, 3.8) is 0 Å². The molecule has 0 radical (unpaired) electrons. The van der Waals surface area contributed by atoms with Crippen molar-refractivity contribution < 1.29 is 5.11 Å². The van der Waals surface area contributed by atoms with E-state index in [0.717, 1.165) is 36.9 Å². The molecular formula is C15H19N5OS. The Morgan fingerprint density at radius 2 is 2.00 bits per heavy atom. The van der Waals surface area contributed by atoms with Crippen LogP contribution < -0.4 is 10.2 Å². The summed E-state index contributed by atoms with van der Waals surface area (Å²) in [6, 6.07) is 0.0502. The van der Waals surface area contributed by atoms with E-state index in [2.05, 4.69) is 25.2 Å². The molecule has 116 valence electrons. The Morgan fingerprint density at radius 3 is 2.73 bits per heavy atom. The molecule has 1 saturated heterocycles. The number of hydrogen-bond donors (Lipinski definition) is 2. The largest absolute Gasteiger partial charge is 0.391 e. The molecule has 0 aromatic carbocycles. The summed E-state index contributed by atoms with van der Waals surface area (Å²) in [5, 5.41) is 16.9. The zero-order valence-electron chi connectivity index (χ0n) is 12.2. The van der Waals surface area contributed by atoms with Crippen LogP contribution in [0.15, 0.2) is 30.2 Å². The highest BCUT2D eigenvalue weighted by atomic mass is 32.1. The summed E-state index contributed by atoms with van der Waals surface area (Å²) in [6.07, 6.45) is 8.35. The monoisotopic (exact) mass is 317 g/mol. The number of rotatable bonds is 3. The predicted molar refractivity (Wildman–Crippen MR) is 86.0 cm³/mol. The first-order chi connectivity index (χ1) is 10.8. The van der Waals surface area contributed by atoms with Gasteiger partial charge in [-0.1, -0.05) is 0 Å². The smallest absolute Gasteiger partial charge is 0.185 e. The van der Waals surface area contributed by atoms with E-state index in [-0.39, 0.29) is 12.1 Å². The van der Waals surface area contributed by atoms with Gasteiger partial charge in [0.25, 0.3) is 0 Å². The van der Waals surface area contributed by atoms with Crippen molar-refractivity contribution in [1.29, 1.82) is 0 Å². The number of hydrogen-bond acceptors (Lipinski definition) is 7. The topological polar surface area (TPSA) is 74.2 Å². The van der Waals surface area contributed by atoms with Crippen LogP contribution in [-0.2, 0) is 0 Å². The zero-order chi connectivity index (χ0) is 14.9. The normalized spacial score (nSPS) is 31.0. The number of aliphatic hydroxyl groups excluding tert-OH is 1. The maximum atomic E-state index is 10.5. The number of thiazole rings is 1. The molecule has 0 unspecified atom stereocenters. The molecule has 2 aromatic heterocycles. The molecular weight excluding hydrogens is 298 g/mol. The molecule has 1 saturated carbocycles. The second kappa shape index (κ2) is 5.81. The van der Waals surface area contributed by atoms with Gasteiger partial charge in [0.2, 0.25) is 0 Å². The van der Waals surface area contributed by atoms with E-state index in [1.54, 1.807) is 29.9 Å². The third kappa shape index (κ3) is 2.66. The molecule has 4 atom stereocenters. The van der Waals surface area contributed by atoms with Gasteiger partial charge in [-0.15, -0.1) is 11.3 Å². The van der Waals surface area contributed by atoms with Crippen molar-refractivity contribution in [3.05, 3.63) is 30.2 Å². The molecule has 0 spiro atoms. The van der Waals surface area contributed by atoms with Crippen molar-refractivity contribution in [2.45, 2.75) is 25.0 Å². The molecule has 2 fully saturated rings. The van der Waals surface area contributed by atoms with Crippen LogP contribution in [-0.4, -0.2) is 45.3 Å². The van der Waals surface area contributed by atoms with Gasteiger partial charge in [0, 0.05) is 37.1 Å². The Morgan fingerprint density at radius 1 is 1.14 bits per heavy atom. The van der Waals surface area contributed by atoms with E-state index < -0.39 is 0 Å². The molecule has 4 rings (SSSR count). The number of fused-ring (bicyclic) bond motifs is 1. The first-order valence-electron chi connectivity index (χ1n) is 7.64. The highest BCUT2D eigenvalue weighted by molar-refractivity contribution is 7.13. The number of anilines is 2. The van der Waals surface area contributed by atoms with Crippen molar-refractivity contribution in [1.82, 2.24) is 15.0 Å². The van der Waals surface area contributed by atoms with E-state index in [0.29, 0.717) is 11.8 Å². The van der Waals surface area contributed by atoms with Crippen molar-refractivity contribution in [2.75, 3.05) is 23.3 Å². The van der Waals surface area contributed by atoms with Gasteiger partial charge >= 0.3 is 0 Å². The fourth-order valence-electron chi connectivity index (χ4n) is 3.68. The lowest BCUT2D eigenvalue weighted by Gasteiger charge is -2.35. The van der Waals surface area contributed by atoms with E-state index in [4.69, 9.17) is 0 Å². The molecule has 22 heavy (non-hydrogen) atoms. The minimum Gasteiger partial charge on any atom is -0.391 e. The molecule has 1 aliphatic carbocycles. The Balaban J connectivity index is 1.44. The minimum absolute atomic E-state index is 0.0502. The van der Waals surface area contributed by atoms with Crippen LogP contribution in [0.3, 0.4) is 0 Å². The Hall–Kier alpha value is -1.73. The predicted octanol–water partition coefficient (Wildman–Crippen LogP) is 1.62. The third-order valence-corrected chi connectivity index (χ3v) is 5.56. The molecule has 2 aromatic rings. The number of nitrogens with zero attached hydrogens (tertiary/aromatic N) is 4. The molecule has 2 N–H and O–H groups in total. The van der Waals surface area contributed by atoms with E-state index in [9.17, 15) is 5.11 Å². The van der Waals surface area contributed by atoms with Gasteiger partial charge in [0.15, 0.2) is 5.13 Å². The molecule has 0 bridgehead atoms. The number of nitrogens with one attached hydrogen (secondary N) is 1. The van der Waals surface area contributed by atoms with Crippen molar-refractivity contribution in [3.8, 4) is 0 Å². The van der Waals surface area contributed by atoms with Gasteiger partial charge in [-0.05, 0) is 24.7 Å². The maximum absolute atomic E-state index is 10.5. The van der Waals surface area contributed by atoms with Gasteiger partial charge in [0.1, 0.15) is 5.82 Å². The average Bonchev–Trinajstić information content (AvgIpc) is 3.17. The summed E-state index contributed by atoms with van der Waals surface area (Å²) in [5.74, 6) is 1.89. The van der Waals surface area contributed by atoms with Gasteiger partial charge < -0.3 is 15.3 Å². The summed E-state index contributed by atoms with van der Waals surface area (Å²) in [4.78, 5) is 15.1. The molecule has 1 aliphatic heterocycles. The zero-order valence-corrected chi connectivity index (χ0v) is 13.0. The van der Waals surface area contributed by atoms with Crippen molar-refractivity contribution in [2.24, 2.45) is 11.8 Å². The fraction of sp³-hybridized carbons (Fsp3) is 0.533. The third-order valence-electron chi connectivity index (χ3n) is 4.73. The highest BCUT2D eigenvalue weighted by Crippen LogP contribution is 2.39. The van der Waals surface area contributed by atoms with Crippen LogP contribution in [0.2, 0.25) is 0 Å². The van der Waals surface area contributed by atoms with Gasteiger partial charge in [-0.3, -0.25) is 4.98 Å². The molecule has 6 nitrogen and oxygen atoms in total. The van der Waals surface area contributed by atoms with Gasteiger partial charge in [-0.25, -0.2) is 9.97 Å². The summed E-state index contributed by atoms with van der Waals surface area (Å²) < 4.78 is 0. The van der Waals surface area contributed by atoms with Crippen LogP contribution in [0, 0.1) is 11.8 Å². The number of aliphatic hydroxyl groups is 1. The maximum Gasteiger partial charge on any atom is 0.185 e. The molecule has 7 heteroatoms. The van der Waals surface area contributed by atoms with Gasteiger partial charge in [0.05, 0.1) is 18.3 Å². The highest BCUT2D eigenvalue weighted by Gasteiger charge is 2.42. The van der Waals surface area contributed by atoms with Crippen LogP contribution in [0.1, 0.15) is 12.8 Å². The summed E-state index contributed by atoms with van der Waals surface area (Å²) in [5.41, 5.74) is 0. The lowest BCUT2D eigenvalue weighted by Crippen LogP contribution is -2.43. The second-order valence-electron chi connectivity index (χ2n) is 6.12. The van der Waals surface area contributed by atoms with Crippen molar-refractivity contribution >= 4 is 22.3 Å². The van der Waals surface area contributed by atoms with E-state index >= 15 is 0 Å². The molecule has 3 heterocycles. The summed E-state index contributed by atoms with van der Waals surface area (Å²) >= 11 is 1.69. The van der Waals surface area contributed by atoms with Crippen LogP contribution in [0.25, 0.3) is 0 Å². The fourth-order valence-corrected chi connectivity index (χ4v) is 4.34. The first-order valence-corrected chi connectivity index (χ1v) is 8.52. The lowest BCUT2D eigenvalue weighted by molar-refractivity contribution is 0.0737. The molecule has 2 aliphatic rings. The number of aromatic nitrogens is 3. The SMILES string of the molecule is O[C@@H]1C[C@H]2CN(c3nccs3)C[C@H]2C[C@H]1Nc1cnccn1. The summed E-state index contributed by atoms with van der Waals surface area (Å²) in [7, 11) is 0.